The zero-order valence-corrected chi connectivity index (χ0v) is 16.0. The lowest BCUT2D eigenvalue weighted by Crippen LogP contribution is -2.32. The van der Waals surface area contributed by atoms with Gasteiger partial charge in [-0.05, 0) is 48.9 Å². The predicted octanol–water partition coefficient (Wildman–Crippen LogP) is 4.10. The Hall–Kier alpha value is -3.13. The van der Waals surface area contributed by atoms with Crippen LogP contribution in [0.25, 0.3) is 10.3 Å². The molecule has 2 N–H and O–H groups in total. The summed E-state index contributed by atoms with van der Waals surface area (Å²) in [6, 6.07) is 8.49. The van der Waals surface area contributed by atoms with Gasteiger partial charge in [0, 0.05) is 18.8 Å². The molecule has 0 fully saturated rings. The van der Waals surface area contributed by atoms with Crippen molar-refractivity contribution >= 4 is 44.3 Å². The zero-order chi connectivity index (χ0) is 19.8. The summed E-state index contributed by atoms with van der Waals surface area (Å²) in [6.07, 6.45) is 4.26. The summed E-state index contributed by atoms with van der Waals surface area (Å²) in [6.45, 7) is 0. The van der Waals surface area contributed by atoms with Crippen LogP contribution < -0.4 is 15.8 Å². The Morgan fingerprint density at radius 2 is 2.00 bits per heavy atom. The second-order valence-corrected chi connectivity index (χ2v) is 7.79. The first kappa shape index (κ1) is 18.2. The van der Waals surface area contributed by atoms with E-state index in [2.05, 4.69) is 11.4 Å². The first-order valence-electron chi connectivity index (χ1n) is 8.90. The number of fused-ring (bicyclic) bond motifs is 2. The van der Waals surface area contributed by atoms with Gasteiger partial charge >= 0.3 is 17.6 Å². The van der Waals surface area contributed by atoms with Crippen LogP contribution in [-0.2, 0) is 12.8 Å². The van der Waals surface area contributed by atoms with E-state index in [0.29, 0.717) is 9.70 Å². The van der Waals surface area contributed by atoms with E-state index >= 15 is 0 Å². The number of hydrogen-bond acceptors (Lipinski definition) is 5. The molecule has 2 amide bonds. The highest BCUT2D eigenvalue weighted by Gasteiger charge is 2.20. The molecule has 144 valence electrons. The molecule has 0 radical (unpaired) electrons. The van der Waals surface area contributed by atoms with Gasteiger partial charge in [0.2, 0.25) is 0 Å². The number of nitrogens with zero attached hydrogens (tertiary/aromatic N) is 1. The maximum absolute atomic E-state index is 12.8. The molecule has 0 bridgehead atoms. The monoisotopic (exact) mass is 398 g/mol. The first-order chi connectivity index (χ1) is 13.4. The molecule has 0 saturated carbocycles. The lowest BCUT2D eigenvalue weighted by Gasteiger charge is -2.25. The summed E-state index contributed by atoms with van der Waals surface area (Å²) < 4.78 is 5.52. The number of benzene rings is 1. The summed E-state index contributed by atoms with van der Waals surface area (Å²) in [5.41, 5.74) is 2.28. The fourth-order valence-corrected chi connectivity index (χ4v) is 4.42. The number of carboxylic acids is 1. The van der Waals surface area contributed by atoms with Gasteiger partial charge in [0.25, 0.3) is 0 Å². The summed E-state index contributed by atoms with van der Waals surface area (Å²) >= 11 is 1.15. The van der Waals surface area contributed by atoms with Crippen molar-refractivity contribution < 1.29 is 19.1 Å². The zero-order valence-electron chi connectivity index (χ0n) is 15.2. The molecule has 1 aliphatic carbocycles. The second-order valence-electron chi connectivity index (χ2n) is 6.70. The number of amides is 2. The van der Waals surface area contributed by atoms with Crippen molar-refractivity contribution in [2.75, 3.05) is 17.3 Å². The van der Waals surface area contributed by atoms with E-state index in [-0.39, 0.29) is 11.6 Å². The van der Waals surface area contributed by atoms with E-state index in [0.717, 1.165) is 42.7 Å². The molecule has 0 spiro atoms. The minimum absolute atomic E-state index is 0.245. The summed E-state index contributed by atoms with van der Waals surface area (Å²) in [5, 5.41) is 12.3. The minimum atomic E-state index is -1.34. The van der Waals surface area contributed by atoms with E-state index in [1.165, 1.54) is 23.3 Å². The van der Waals surface area contributed by atoms with E-state index < -0.39 is 17.2 Å². The molecule has 2 aromatic heterocycles. The van der Waals surface area contributed by atoms with Gasteiger partial charge in [-0.25, -0.2) is 14.4 Å². The molecule has 4 rings (SSSR count). The van der Waals surface area contributed by atoms with Gasteiger partial charge < -0.3 is 9.52 Å². The van der Waals surface area contributed by atoms with Crippen LogP contribution in [0.4, 0.5) is 15.5 Å². The van der Waals surface area contributed by atoms with Crippen molar-refractivity contribution in [3.63, 3.8) is 0 Å². The molecule has 28 heavy (non-hydrogen) atoms. The number of hydrogen-bond donors (Lipinski definition) is 2. The maximum Gasteiger partial charge on any atom is 0.351 e. The number of aryl methyl sites for hydroxylation is 1. The Bertz CT molecular complexity index is 1150. The Morgan fingerprint density at radius 3 is 2.79 bits per heavy atom. The topological polar surface area (TPSA) is 99.9 Å². The number of rotatable bonds is 3. The first-order valence-corrected chi connectivity index (χ1v) is 9.72. The number of thiophene rings is 1. The highest BCUT2D eigenvalue weighted by molar-refractivity contribution is 7.22. The Balaban J connectivity index is 1.60. The molecule has 1 aromatic carbocycles. The fraction of sp³-hybridized carbons (Fsp3) is 0.250. The minimum Gasteiger partial charge on any atom is -0.477 e. The highest BCUT2D eigenvalue weighted by Crippen LogP contribution is 2.32. The number of aromatic carboxylic acids is 1. The van der Waals surface area contributed by atoms with Crippen LogP contribution in [0, 0.1) is 0 Å². The molecule has 0 unspecified atom stereocenters. The van der Waals surface area contributed by atoms with Gasteiger partial charge in [-0.3, -0.25) is 10.2 Å². The van der Waals surface area contributed by atoms with E-state index in [1.807, 2.05) is 12.1 Å². The number of urea groups is 1. The highest BCUT2D eigenvalue weighted by atomic mass is 32.1. The van der Waals surface area contributed by atoms with Crippen LogP contribution in [0.1, 0.15) is 34.3 Å². The largest absolute Gasteiger partial charge is 0.477 e. The SMILES string of the molecule is CN(C(=O)Nc1cc2oc(=O)c(C(=O)O)cc2s1)c1cccc2c1CCCC2. The number of anilines is 2. The lowest BCUT2D eigenvalue weighted by atomic mass is 9.90. The van der Waals surface area contributed by atoms with E-state index in [4.69, 9.17) is 9.52 Å². The number of nitrogens with one attached hydrogen (secondary N) is 1. The smallest absolute Gasteiger partial charge is 0.351 e. The molecular formula is C20H18N2O5S. The quantitative estimate of drug-likeness (QED) is 0.692. The van der Waals surface area contributed by atoms with Crippen molar-refractivity contribution in [2.24, 2.45) is 0 Å². The van der Waals surface area contributed by atoms with Crippen LogP contribution in [0.2, 0.25) is 0 Å². The predicted molar refractivity (Wildman–Crippen MR) is 108 cm³/mol. The summed E-state index contributed by atoms with van der Waals surface area (Å²) in [5.74, 6) is -1.34. The molecule has 2 heterocycles. The Kier molecular flexibility index (Phi) is 4.64. The molecule has 7 nitrogen and oxygen atoms in total. The van der Waals surface area contributed by atoms with Gasteiger partial charge in [0.15, 0.2) is 5.58 Å². The van der Waals surface area contributed by atoms with Gasteiger partial charge in [-0.2, -0.15) is 0 Å². The van der Waals surface area contributed by atoms with Gasteiger partial charge in [-0.15, -0.1) is 11.3 Å². The number of carboxylic acid groups (broad SMARTS) is 1. The van der Waals surface area contributed by atoms with Crippen molar-refractivity contribution in [3.8, 4) is 0 Å². The van der Waals surface area contributed by atoms with Gasteiger partial charge in [0.05, 0.1) is 4.70 Å². The van der Waals surface area contributed by atoms with Crippen LogP contribution >= 0.6 is 11.3 Å². The van der Waals surface area contributed by atoms with Gasteiger partial charge in [-0.1, -0.05) is 12.1 Å². The van der Waals surface area contributed by atoms with Crippen LogP contribution in [-0.4, -0.2) is 24.2 Å². The molecule has 1 aliphatic rings. The lowest BCUT2D eigenvalue weighted by molar-refractivity contribution is 0.0692. The average molecular weight is 398 g/mol. The normalized spacial score (nSPS) is 13.2. The summed E-state index contributed by atoms with van der Waals surface area (Å²) in [7, 11) is 1.72. The van der Waals surface area contributed by atoms with Crippen LogP contribution in [0.15, 0.2) is 39.5 Å². The molecule has 8 heteroatoms. The maximum atomic E-state index is 12.8. The van der Waals surface area contributed by atoms with Crippen molar-refractivity contribution in [1.82, 2.24) is 0 Å². The number of carbonyl (C=O) groups excluding carboxylic acids is 1. The Morgan fingerprint density at radius 1 is 1.21 bits per heavy atom. The standard InChI is InChI=1S/C20H18N2O5S/c1-22(14-8-4-6-11-5-2-3-7-12(11)14)20(26)21-17-10-15-16(28-17)9-13(18(23)24)19(25)27-15/h4,6,8-10H,2-3,5,7H2,1H3,(H,21,26)(H,23,24). The Labute approximate surface area is 164 Å². The molecule has 0 saturated heterocycles. The second kappa shape index (κ2) is 7.12. The van der Waals surface area contributed by atoms with Crippen LogP contribution in [0.3, 0.4) is 0 Å². The van der Waals surface area contributed by atoms with E-state index in [9.17, 15) is 14.4 Å². The van der Waals surface area contributed by atoms with Crippen molar-refractivity contribution in [3.05, 3.63) is 57.4 Å². The number of carbonyl (C=O) groups is 2. The van der Waals surface area contributed by atoms with E-state index in [1.54, 1.807) is 11.9 Å². The van der Waals surface area contributed by atoms with Gasteiger partial charge in [0.1, 0.15) is 10.6 Å². The van der Waals surface area contributed by atoms with Crippen molar-refractivity contribution in [1.29, 1.82) is 0 Å². The fourth-order valence-electron chi connectivity index (χ4n) is 3.50. The molecule has 3 aromatic rings. The third kappa shape index (κ3) is 3.27. The third-order valence-electron chi connectivity index (χ3n) is 4.92. The van der Waals surface area contributed by atoms with Crippen LogP contribution in [0.5, 0.6) is 0 Å². The summed E-state index contributed by atoms with van der Waals surface area (Å²) in [4.78, 5) is 37.1. The average Bonchev–Trinajstić information content (AvgIpc) is 3.07. The third-order valence-corrected chi connectivity index (χ3v) is 5.90. The molecule has 0 aliphatic heterocycles. The molecule has 0 atom stereocenters. The molecular weight excluding hydrogens is 380 g/mol. The van der Waals surface area contributed by atoms with Crippen molar-refractivity contribution in [2.45, 2.75) is 25.7 Å².